The van der Waals surface area contributed by atoms with Crippen molar-refractivity contribution in [2.24, 2.45) is 5.92 Å². The highest BCUT2D eigenvalue weighted by Crippen LogP contribution is 2.20. The fourth-order valence-electron chi connectivity index (χ4n) is 2.34. The molecule has 0 spiro atoms. The molecule has 0 aliphatic carbocycles. The van der Waals surface area contributed by atoms with Crippen LogP contribution in [0.15, 0.2) is 24.3 Å². The first-order valence-corrected chi connectivity index (χ1v) is 6.30. The van der Waals surface area contributed by atoms with E-state index in [2.05, 4.69) is 5.32 Å². The number of rotatable bonds is 4. The predicted molar refractivity (Wildman–Crippen MR) is 70.4 cm³/mol. The first-order valence-electron chi connectivity index (χ1n) is 6.30. The maximum Gasteiger partial charge on any atom is 0.227 e. The van der Waals surface area contributed by atoms with Crippen LogP contribution in [0.4, 0.5) is 0 Å². The molecule has 1 heterocycles. The van der Waals surface area contributed by atoms with Gasteiger partial charge in [0.25, 0.3) is 0 Å². The monoisotopic (exact) mass is 248 g/mol. The van der Waals surface area contributed by atoms with Crippen LogP contribution < -0.4 is 10.1 Å². The van der Waals surface area contributed by atoms with Crippen molar-refractivity contribution in [2.75, 3.05) is 27.2 Å². The SMILES string of the molecule is COc1ccccc1CN(C)C(=O)C1CCNC1. The van der Waals surface area contributed by atoms with Crippen molar-refractivity contribution in [1.29, 1.82) is 0 Å². The number of carbonyl (C=O) groups excluding carboxylic acids is 1. The lowest BCUT2D eigenvalue weighted by atomic mass is 10.1. The van der Waals surface area contributed by atoms with E-state index < -0.39 is 0 Å². The van der Waals surface area contributed by atoms with Crippen LogP contribution in [0.1, 0.15) is 12.0 Å². The smallest absolute Gasteiger partial charge is 0.227 e. The highest BCUT2D eigenvalue weighted by Gasteiger charge is 2.25. The van der Waals surface area contributed by atoms with E-state index >= 15 is 0 Å². The Balaban J connectivity index is 2.01. The number of benzene rings is 1. The zero-order chi connectivity index (χ0) is 13.0. The lowest BCUT2D eigenvalue weighted by molar-refractivity contribution is -0.134. The Morgan fingerprint density at radius 2 is 2.28 bits per heavy atom. The quantitative estimate of drug-likeness (QED) is 0.872. The molecule has 4 heteroatoms. The summed E-state index contributed by atoms with van der Waals surface area (Å²) in [6.07, 6.45) is 0.940. The molecule has 1 aromatic carbocycles. The number of methoxy groups -OCH3 is 1. The van der Waals surface area contributed by atoms with E-state index in [1.54, 1.807) is 12.0 Å². The lowest BCUT2D eigenvalue weighted by Crippen LogP contribution is -2.33. The van der Waals surface area contributed by atoms with Gasteiger partial charge in [0.15, 0.2) is 0 Å². The minimum atomic E-state index is 0.129. The molecule has 1 N–H and O–H groups in total. The van der Waals surface area contributed by atoms with Crippen molar-refractivity contribution >= 4 is 5.91 Å². The molecule has 1 aliphatic heterocycles. The highest BCUT2D eigenvalue weighted by atomic mass is 16.5. The summed E-state index contributed by atoms with van der Waals surface area (Å²) >= 11 is 0. The summed E-state index contributed by atoms with van der Waals surface area (Å²) in [5.41, 5.74) is 1.04. The van der Waals surface area contributed by atoms with Crippen LogP contribution >= 0.6 is 0 Å². The number of carbonyl (C=O) groups is 1. The predicted octanol–water partition coefficient (Wildman–Crippen LogP) is 1.26. The average molecular weight is 248 g/mol. The third-order valence-electron chi connectivity index (χ3n) is 3.39. The van der Waals surface area contributed by atoms with E-state index in [-0.39, 0.29) is 11.8 Å². The maximum absolute atomic E-state index is 12.2. The third-order valence-corrected chi connectivity index (χ3v) is 3.39. The molecule has 1 aliphatic rings. The van der Waals surface area contributed by atoms with Crippen molar-refractivity contribution < 1.29 is 9.53 Å². The van der Waals surface area contributed by atoms with Gasteiger partial charge < -0.3 is 15.0 Å². The second-order valence-corrected chi connectivity index (χ2v) is 4.70. The summed E-state index contributed by atoms with van der Waals surface area (Å²) < 4.78 is 5.30. The Hall–Kier alpha value is -1.55. The molecule has 1 saturated heterocycles. The molecule has 98 valence electrons. The molecule has 1 atom stereocenters. The number of nitrogens with one attached hydrogen (secondary N) is 1. The summed E-state index contributed by atoms with van der Waals surface area (Å²) in [6, 6.07) is 7.82. The van der Waals surface area contributed by atoms with E-state index in [1.807, 2.05) is 31.3 Å². The summed E-state index contributed by atoms with van der Waals surface area (Å²) in [7, 11) is 3.51. The van der Waals surface area contributed by atoms with Crippen LogP contribution in [0.25, 0.3) is 0 Å². The number of ether oxygens (including phenoxy) is 1. The minimum absolute atomic E-state index is 0.129. The molecular formula is C14H20N2O2. The van der Waals surface area contributed by atoms with Gasteiger partial charge in [-0.2, -0.15) is 0 Å². The zero-order valence-corrected chi connectivity index (χ0v) is 11.0. The number of hydrogen-bond acceptors (Lipinski definition) is 3. The zero-order valence-electron chi connectivity index (χ0n) is 11.0. The summed E-state index contributed by atoms with van der Waals surface area (Å²) in [4.78, 5) is 14.0. The molecule has 1 amide bonds. The number of amides is 1. The molecule has 0 aromatic heterocycles. The summed E-state index contributed by atoms with van der Waals surface area (Å²) in [5.74, 6) is 1.18. The fourth-order valence-corrected chi connectivity index (χ4v) is 2.34. The Labute approximate surface area is 108 Å². The van der Waals surface area contributed by atoms with Crippen LogP contribution in [0, 0.1) is 5.92 Å². The fraction of sp³-hybridized carbons (Fsp3) is 0.500. The van der Waals surface area contributed by atoms with Gasteiger partial charge in [0.2, 0.25) is 5.91 Å². The Morgan fingerprint density at radius 1 is 1.50 bits per heavy atom. The molecule has 0 saturated carbocycles. The van der Waals surface area contributed by atoms with Gasteiger partial charge in [-0.05, 0) is 19.0 Å². The lowest BCUT2D eigenvalue weighted by Gasteiger charge is -2.21. The van der Waals surface area contributed by atoms with Crippen LogP contribution in [0.5, 0.6) is 5.75 Å². The van der Waals surface area contributed by atoms with Gasteiger partial charge in [0.05, 0.1) is 13.0 Å². The van der Waals surface area contributed by atoms with Gasteiger partial charge in [-0.15, -0.1) is 0 Å². The molecule has 18 heavy (non-hydrogen) atoms. The van der Waals surface area contributed by atoms with Crippen molar-refractivity contribution in [3.8, 4) is 5.75 Å². The Morgan fingerprint density at radius 3 is 2.94 bits per heavy atom. The van der Waals surface area contributed by atoms with Gasteiger partial charge in [0, 0.05) is 25.7 Å². The van der Waals surface area contributed by atoms with E-state index in [1.165, 1.54) is 0 Å². The Bertz CT molecular complexity index is 414. The van der Waals surface area contributed by atoms with Gasteiger partial charge in [-0.1, -0.05) is 18.2 Å². The second-order valence-electron chi connectivity index (χ2n) is 4.70. The van der Waals surface area contributed by atoms with Crippen LogP contribution in [-0.4, -0.2) is 38.1 Å². The van der Waals surface area contributed by atoms with Gasteiger partial charge >= 0.3 is 0 Å². The minimum Gasteiger partial charge on any atom is -0.496 e. The van der Waals surface area contributed by atoms with Crippen molar-refractivity contribution in [1.82, 2.24) is 10.2 Å². The van der Waals surface area contributed by atoms with E-state index in [9.17, 15) is 4.79 Å². The summed E-state index contributed by atoms with van der Waals surface area (Å²) in [5, 5.41) is 3.22. The normalized spacial score (nSPS) is 18.7. The van der Waals surface area contributed by atoms with Gasteiger partial charge in [-0.3, -0.25) is 4.79 Å². The van der Waals surface area contributed by atoms with Crippen molar-refractivity contribution in [2.45, 2.75) is 13.0 Å². The largest absolute Gasteiger partial charge is 0.496 e. The van der Waals surface area contributed by atoms with Crippen LogP contribution in [0.2, 0.25) is 0 Å². The van der Waals surface area contributed by atoms with Crippen molar-refractivity contribution in [3.05, 3.63) is 29.8 Å². The van der Waals surface area contributed by atoms with Gasteiger partial charge in [0.1, 0.15) is 5.75 Å². The molecule has 2 rings (SSSR count). The molecule has 1 aromatic rings. The second kappa shape index (κ2) is 5.87. The molecule has 0 radical (unpaired) electrons. The van der Waals surface area contributed by atoms with Crippen molar-refractivity contribution in [3.63, 3.8) is 0 Å². The molecule has 0 bridgehead atoms. The highest BCUT2D eigenvalue weighted by molar-refractivity contribution is 5.79. The standard InChI is InChI=1S/C14H20N2O2/c1-16(14(17)11-7-8-15-9-11)10-12-5-3-4-6-13(12)18-2/h3-6,11,15H,7-10H2,1-2H3. The first-order chi connectivity index (χ1) is 8.72. The topological polar surface area (TPSA) is 41.6 Å². The van der Waals surface area contributed by atoms with Gasteiger partial charge in [-0.25, -0.2) is 0 Å². The third kappa shape index (κ3) is 2.82. The van der Waals surface area contributed by atoms with Crippen LogP contribution in [0.3, 0.4) is 0 Å². The number of nitrogens with zero attached hydrogens (tertiary/aromatic N) is 1. The van der Waals surface area contributed by atoms with E-state index in [0.717, 1.165) is 30.8 Å². The average Bonchev–Trinajstić information content (AvgIpc) is 2.92. The van der Waals surface area contributed by atoms with E-state index in [0.29, 0.717) is 6.54 Å². The summed E-state index contributed by atoms with van der Waals surface area (Å²) in [6.45, 7) is 2.34. The molecule has 1 fully saturated rings. The first kappa shape index (κ1) is 12.9. The number of hydrogen-bond donors (Lipinski definition) is 1. The van der Waals surface area contributed by atoms with Crippen LogP contribution in [-0.2, 0) is 11.3 Å². The molecule has 1 unspecified atom stereocenters. The molecule has 4 nitrogen and oxygen atoms in total. The maximum atomic E-state index is 12.2. The van der Waals surface area contributed by atoms with E-state index in [4.69, 9.17) is 4.74 Å². The Kier molecular flexibility index (Phi) is 4.20. The molecular weight excluding hydrogens is 228 g/mol. The number of para-hydroxylation sites is 1.